The van der Waals surface area contributed by atoms with E-state index in [-0.39, 0.29) is 23.7 Å². The molecule has 0 N–H and O–H groups in total. The van der Waals surface area contributed by atoms with Gasteiger partial charge in [-0.3, -0.25) is 9.59 Å². The standard InChI is InChI=1S/C50H42N2O2S4/c1-29(2)33-9-7-10-34(30(3)4)48(33)52-49(53)37-12-8-11-36-35(17-18-38(47(36)37)50(52)54)40-20-22-42(56-40)44-24-26-46(58-44)45-25-23-43(57-45)41-21-19-39(55-41)31-13-15-32(16-14-31)51-27-5-6-28-51/h7-26,29-30H,5-6,27-28H2,1-4H3. The number of amides is 2. The van der Waals surface area contributed by atoms with Crippen molar-refractivity contribution in [2.75, 3.05) is 22.9 Å². The predicted molar refractivity (Wildman–Crippen MR) is 250 cm³/mol. The zero-order valence-electron chi connectivity index (χ0n) is 32.9. The summed E-state index contributed by atoms with van der Waals surface area (Å²) >= 11 is 7.28. The van der Waals surface area contributed by atoms with Crippen LogP contribution in [0.15, 0.2) is 121 Å². The molecule has 288 valence electrons. The first-order valence-electron chi connectivity index (χ1n) is 20.1. The van der Waals surface area contributed by atoms with Gasteiger partial charge in [0.25, 0.3) is 11.8 Å². The van der Waals surface area contributed by atoms with E-state index >= 15 is 0 Å². The molecular weight excluding hydrogens is 789 g/mol. The van der Waals surface area contributed by atoms with E-state index in [9.17, 15) is 9.59 Å². The van der Waals surface area contributed by atoms with Crippen molar-refractivity contribution in [2.24, 2.45) is 0 Å². The van der Waals surface area contributed by atoms with Gasteiger partial charge >= 0.3 is 0 Å². The van der Waals surface area contributed by atoms with Crippen LogP contribution in [0.5, 0.6) is 0 Å². The third kappa shape index (κ3) is 6.38. The number of para-hydroxylation sites is 1. The number of nitrogens with zero attached hydrogens (tertiary/aromatic N) is 2. The fourth-order valence-electron chi connectivity index (χ4n) is 8.54. The lowest BCUT2D eigenvalue weighted by Gasteiger charge is -2.32. The largest absolute Gasteiger partial charge is 0.372 e. The molecule has 4 nitrogen and oxygen atoms in total. The van der Waals surface area contributed by atoms with Crippen molar-refractivity contribution in [3.05, 3.63) is 144 Å². The summed E-state index contributed by atoms with van der Waals surface area (Å²) in [6.45, 7) is 10.8. The molecule has 1 fully saturated rings. The lowest BCUT2D eigenvalue weighted by atomic mass is 9.87. The molecule has 0 aliphatic carbocycles. The Morgan fingerprint density at radius 2 is 0.914 bits per heavy atom. The average molecular weight is 831 g/mol. The smallest absolute Gasteiger partial charge is 0.266 e. The molecule has 0 unspecified atom stereocenters. The van der Waals surface area contributed by atoms with E-state index < -0.39 is 0 Å². The van der Waals surface area contributed by atoms with Gasteiger partial charge in [0.1, 0.15) is 0 Å². The van der Waals surface area contributed by atoms with Gasteiger partial charge in [-0.25, -0.2) is 4.90 Å². The minimum absolute atomic E-state index is 0.151. The number of imide groups is 1. The number of rotatable bonds is 9. The van der Waals surface area contributed by atoms with Crippen molar-refractivity contribution < 1.29 is 9.59 Å². The fraction of sp³-hybridized carbons (Fsp3) is 0.200. The molecule has 10 rings (SSSR count). The van der Waals surface area contributed by atoms with Gasteiger partial charge in [-0.2, -0.15) is 0 Å². The summed E-state index contributed by atoms with van der Waals surface area (Å²) in [6.07, 6.45) is 2.58. The van der Waals surface area contributed by atoms with E-state index in [0.29, 0.717) is 11.1 Å². The van der Waals surface area contributed by atoms with E-state index in [1.165, 1.54) is 63.1 Å². The second-order valence-electron chi connectivity index (χ2n) is 15.8. The molecule has 1 saturated heterocycles. The number of benzene rings is 4. The molecule has 58 heavy (non-hydrogen) atoms. The van der Waals surface area contributed by atoms with Crippen molar-refractivity contribution in [2.45, 2.75) is 52.4 Å². The highest BCUT2D eigenvalue weighted by Crippen LogP contribution is 2.47. The van der Waals surface area contributed by atoms with E-state index in [1.807, 2.05) is 76.5 Å². The summed E-state index contributed by atoms with van der Waals surface area (Å²) in [7, 11) is 0. The van der Waals surface area contributed by atoms with Crippen LogP contribution < -0.4 is 9.80 Å². The molecule has 8 heteroatoms. The van der Waals surface area contributed by atoms with Crippen LogP contribution in [0.2, 0.25) is 0 Å². The van der Waals surface area contributed by atoms with Gasteiger partial charge in [-0.15, -0.1) is 45.3 Å². The van der Waals surface area contributed by atoms with Gasteiger partial charge in [0.05, 0.1) is 5.69 Å². The van der Waals surface area contributed by atoms with Crippen LogP contribution >= 0.6 is 45.3 Å². The average Bonchev–Trinajstić information content (AvgIpc) is 4.09. The maximum atomic E-state index is 14.4. The van der Waals surface area contributed by atoms with Gasteiger partial charge in [-0.1, -0.05) is 76.2 Å². The molecule has 0 atom stereocenters. The van der Waals surface area contributed by atoms with Crippen molar-refractivity contribution in [3.8, 4) is 50.1 Å². The van der Waals surface area contributed by atoms with Gasteiger partial charge in [0, 0.05) is 74.3 Å². The Kier molecular flexibility index (Phi) is 9.56. The molecule has 2 amide bonds. The highest BCUT2D eigenvalue weighted by molar-refractivity contribution is 7.29. The van der Waals surface area contributed by atoms with E-state index in [0.717, 1.165) is 51.1 Å². The first-order valence-corrected chi connectivity index (χ1v) is 23.3. The SMILES string of the molecule is CC(C)c1cccc(C(C)C)c1N1C(=O)c2cccc3c(-c4ccc(-c5ccc(-c6ccc(-c7ccc(-c8ccc(N9CCCC9)cc8)s7)s6)s5)s4)ccc(c23)C1=O. The summed E-state index contributed by atoms with van der Waals surface area (Å²) < 4.78 is 0. The van der Waals surface area contributed by atoms with Gasteiger partial charge in [0.2, 0.25) is 0 Å². The van der Waals surface area contributed by atoms with Crippen LogP contribution in [-0.2, 0) is 0 Å². The van der Waals surface area contributed by atoms with Crippen molar-refractivity contribution in [3.63, 3.8) is 0 Å². The van der Waals surface area contributed by atoms with Gasteiger partial charge in [0.15, 0.2) is 0 Å². The lowest BCUT2D eigenvalue weighted by Crippen LogP contribution is -2.41. The third-order valence-electron chi connectivity index (χ3n) is 11.5. The number of thiophene rings is 4. The molecule has 0 radical (unpaired) electrons. The minimum atomic E-state index is -0.257. The Hall–Kier alpha value is -5.12. The monoisotopic (exact) mass is 830 g/mol. The number of carbonyl (C=O) groups is 2. The van der Waals surface area contributed by atoms with Crippen LogP contribution in [-0.4, -0.2) is 24.9 Å². The van der Waals surface area contributed by atoms with E-state index in [4.69, 9.17) is 0 Å². The Morgan fingerprint density at radius 1 is 0.466 bits per heavy atom. The Balaban J connectivity index is 0.908. The summed E-state index contributed by atoms with van der Waals surface area (Å²) in [6, 6.07) is 42.9. The second kappa shape index (κ2) is 14.9. The molecule has 0 bridgehead atoms. The maximum Gasteiger partial charge on any atom is 0.266 e. The first kappa shape index (κ1) is 37.2. The quantitative estimate of drug-likeness (QED) is 0.136. The zero-order chi connectivity index (χ0) is 39.7. The van der Waals surface area contributed by atoms with E-state index in [2.05, 4.69) is 111 Å². The second-order valence-corrected chi connectivity index (χ2v) is 20.2. The van der Waals surface area contributed by atoms with Crippen LogP contribution in [0.3, 0.4) is 0 Å². The van der Waals surface area contributed by atoms with Crippen molar-refractivity contribution in [1.82, 2.24) is 0 Å². The third-order valence-corrected chi connectivity index (χ3v) is 16.5. The highest BCUT2D eigenvalue weighted by Gasteiger charge is 2.37. The van der Waals surface area contributed by atoms with Gasteiger partial charge < -0.3 is 4.90 Å². The topological polar surface area (TPSA) is 40.6 Å². The summed E-state index contributed by atoms with van der Waals surface area (Å²) in [4.78, 5) is 42.7. The summed E-state index contributed by atoms with van der Waals surface area (Å²) in [5.74, 6) is -0.214. The molecule has 4 aromatic heterocycles. The summed E-state index contributed by atoms with van der Waals surface area (Å²) in [5, 5.41) is 1.68. The maximum absolute atomic E-state index is 14.4. The van der Waals surface area contributed by atoms with Crippen LogP contribution in [0.1, 0.15) is 84.2 Å². The van der Waals surface area contributed by atoms with Crippen LogP contribution in [0.25, 0.3) is 60.9 Å². The Labute approximate surface area is 355 Å². The Bertz CT molecular complexity index is 2810. The molecule has 0 spiro atoms. The Morgan fingerprint density at radius 3 is 1.47 bits per heavy atom. The van der Waals surface area contributed by atoms with Crippen LogP contribution in [0, 0.1) is 0 Å². The number of hydrogen-bond donors (Lipinski definition) is 0. The molecular formula is C50H42N2O2S4. The predicted octanol–water partition coefficient (Wildman–Crippen LogP) is 15.1. The first-order chi connectivity index (χ1) is 28.2. The fourth-order valence-corrected chi connectivity index (χ4v) is 12.9. The molecule has 6 heterocycles. The highest BCUT2D eigenvalue weighted by atomic mass is 32.1. The molecule has 0 saturated carbocycles. The minimum Gasteiger partial charge on any atom is -0.372 e. The molecule has 2 aliphatic rings. The summed E-state index contributed by atoms with van der Waals surface area (Å²) in [5.41, 5.74) is 7.54. The number of hydrogen-bond acceptors (Lipinski definition) is 7. The molecule has 8 aromatic rings. The van der Waals surface area contributed by atoms with Crippen molar-refractivity contribution >= 4 is 79.3 Å². The normalized spacial score (nSPS) is 14.2. The zero-order valence-corrected chi connectivity index (χ0v) is 36.1. The van der Waals surface area contributed by atoms with E-state index in [1.54, 1.807) is 11.3 Å². The molecule has 4 aromatic carbocycles. The number of anilines is 2. The molecule has 2 aliphatic heterocycles. The number of carbonyl (C=O) groups excluding carboxylic acids is 2. The van der Waals surface area contributed by atoms with Crippen LogP contribution in [0.4, 0.5) is 11.4 Å². The van der Waals surface area contributed by atoms with Gasteiger partial charge in [-0.05, 0) is 125 Å². The lowest BCUT2D eigenvalue weighted by molar-refractivity contribution is 0.0893. The van der Waals surface area contributed by atoms with Crippen molar-refractivity contribution in [1.29, 1.82) is 0 Å².